The van der Waals surface area contributed by atoms with Gasteiger partial charge in [-0.2, -0.15) is 4.98 Å². The zero-order valence-electron chi connectivity index (χ0n) is 22.1. The highest BCUT2D eigenvalue weighted by atomic mass is 16.5. The number of hydrogen-bond donors (Lipinski definition) is 1. The van der Waals surface area contributed by atoms with Crippen LogP contribution in [0.25, 0.3) is 16.9 Å². The quantitative estimate of drug-likeness (QED) is 0.393. The summed E-state index contributed by atoms with van der Waals surface area (Å²) in [6, 6.07) is 11.9. The maximum Gasteiger partial charge on any atom is 0.278 e. The van der Waals surface area contributed by atoms with Gasteiger partial charge in [0.15, 0.2) is 29.6 Å². The molecular formula is C29H30N8O3. The van der Waals surface area contributed by atoms with Crippen molar-refractivity contribution in [2.24, 2.45) is 0 Å². The molecule has 11 nitrogen and oxygen atoms in total. The van der Waals surface area contributed by atoms with Crippen LogP contribution in [-0.4, -0.2) is 56.5 Å². The number of anilines is 4. The molecule has 0 aliphatic carbocycles. The molecule has 0 atom stereocenters. The number of nitrogens with one attached hydrogen (secondary N) is 1. The second-order valence-corrected chi connectivity index (χ2v) is 10.3. The lowest BCUT2D eigenvalue weighted by Gasteiger charge is -2.29. The Balaban J connectivity index is 1.29. The average molecular weight is 539 g/mol. The van der Waals surface area contributed by atoms with Crippen molar-refractivity contribution < 1.29 is 9.53 Å². The summed E-state index contributed by atoms with van der Waals surface area (Å²) in [5, 5.41) is 3.67. The first-order valence-electron chi connectivity index (χ1n) is 13.9. The Bertz CT molecular complexity index is 1670. The van der Waals surface area contributed by atoms with Gasteiger partial charge in [-0.3, -0.25) is 14.5 Å². The number of nitrogens with zero attached hydrogens (tertiary/aromatic N) is 7. The van der Waals surface area contributed by atoms with Crippen LogP contribution in [0, 0.1) is 0 Å². The van der Waals surface area contributed by atoms with Crippen LogP contribution in [-0.2, 0) is 11.3 Å². The van der Waals surface area contributed by atoms with E-state index in [1.807, 2.05) is 24.3 Å². The summed E-state index contributed by atoms with van der Waals surface area (Å²) in [4.78, 5) is 44.3. The van der Waals surface area contributed by atoms with Crippen molar-refractivity contribution in [3.05, 3.63) is 65.1 Å². The molecule has 6 heterocycles. The topological polar surface area (TPSA) is 110 Å². The van der Waals surface area contributed by atoms with Gasteiger partial charge in [-0.1, -0.05) is 12.2 Å². The molecule has 3 aromatic heterocycles. The number of benzene rings is 1. The van der Waals surface area contributed by atoms with E-state index in [1.165, 1.54) is 24.9 Å². The van der Waals surface area contributed by atoms with E-state index in [-0.39, 0.29) is 18.1 Å². The summed E-state index contributed by atoms with van der Waals surface area (Å²) < 4.78 is 8.95. The van der Waals surface area contributed by atoms with Crippen molar-refractivity contribution in [1.29, 1.82) is 0 Å². The zero-order chi connectivity index (χ0) is 27.1. The van der Waals surface area contributed by atoms with Crippen LogP contribution in [0.3, 0.4) is 0 Å². The number of amides is 1. The van der Waals surface area contributed by atoms with Gasteiger partial charge in [0.2, 0.25) is 5.95 Å². The van der Waals surface area contributed by atoms with Crippen molar-refractivity contribution in [3.63, 3.8) is 0 Å². The van der Waals surface area contributed by atoms with Crippen molar-refractivity contribution in [2.45, 2.75) is 38.6 Å². The fourth-order valence-corrected chi connectivity index (χ4v) is 5.60. The molecule has 1 aromatic carbocycles. The van der Waals surface area contributed by atoms with Gasteiger partial charge >= 0.3 is 0 Å². The molecule has 0 unspecified atom stereocenters. The highest BCUT2D eigenvalue weighted by molar-refractivity contribution is 5.96. The predicted molar refractivity (Wildman–Crippen MR) is 153 cm³/mol. The number of carbonyl (C=O) groups excluding carboxylic acids is 1. The van der Waals surface area contributed by atoms with Crippen molar-refractivity contribution in [1.82, 2.24) is 24.3 Å². The van der Waals surface area contributed by atoms with Crippen LogP contribution in [0.15, 0.2) is 59.5 Å². The molecule has 3 aliphatic heterocycles. The number of pyridine rings is 1. The van der Waals surface area contributed by atoms with E-state index in [9.17, 15) is 9.59 Å². The Morgan fingerprint density at radius 1 is 0.875 bits per heavy atom. The zero-order valence-corrected chi connectivity index (χ0v) is 22.1. The highest BCUT2D eigenvalue weighted by Gasteiger charge is 2.28. The molecule has 40 heavy (non-hydrogen) atoms. The number of piperidine rings is 1. The number of ether oxygens (including phenoxy) is 1. The third-order valence-electron chi connectivity index (χ3n) is 7.67. The van der Waals surface area contributed by atoms with E-state index in [4.69, 9.17) is 14.7 Å². The Morgan fingerprint density at radius 3 is 2.58 bits per heavy atom. The van der Waals surface area contributed by atoms with Crippen molar-refractivity contribution >= 4 is 40.1 Å². The average Bonchev–Trinajstić information content (AvgIpc) is 3.26. The largest absolute Gasteiger partial charge is 0.480 e. The molecule has 0 radical (unpaired) electrons. The first-order chi connectivity index (χ1) is 19.7. The Kier molecular flexibility index (Phi) is 6.18. The number of hydrogen-bond acceptors (Lipinski definition) is 8. The molecule has 1 fully saturated rings. The van der Waals surface area contributed by atoms with Crippen LogP contribution in [0.4, 0.5) is 23.1 Å². The molecule has 204 valence electrons. The van der Waals surface area contributed by atoms with Gasteiger partial charge in [-0.15, -0.1) is 0 Å². The normalized spacial score (nSPS) is 17.1. The standard InChI is InChI=1S/C29H30N8O3/c38-25-19-40-23-12-13-24-32-27(23)35(25)16-6-1-2-7-17-36-28(39)22-18-30-29(33-26(22)37(24)36)31-20-8-10-21(11-9-20)34-14-4-3-5-15-34/h2,7-13,18H,1,3-6,14-17,19H2,(H,30,31,33). The number of carbonyl (C=O) groups is 1. The highest BCUT2D eigenvalue weighted by Crippen LogP contribution is 2.32. The first kappa shape index (κ1) is 24.4. The van der Waals surface area contributed by atoms with Crippen LogP contribution < -0.4 is 25.4 Å². The summed E-state index contributed by atoms with van der Waals surface area (Å²) in [6.45, 7) is 3.06. The Labute approximate surface area is 230 Å². The van der Waals surface area contributed by atoms with Gasteiger partial charge in [-0.05, 0) is 68.5 Å². The van der Waals surface area contributed by atoms with Crippen molar-refractivity contribution in [3.8, 4) is 11.6 Å². The minimum atomic E-state index is -0.210. The van der Waals surface area contributed by atoms with Gasteiger partial charge in [0.05, 0.1) is 6.54 Å². The lowest BCUT2D eigenvalue weighted by Crippen LogP contribution is -2.40. The minimum Gasteiger partial charge on any atom is -0.480 e. The van der Waals surface area contributed by atoms with Crippen LogP contribution in [0.5, 0.6) is 5.75 Å². The monoisotopic (exact) mass is 538 g/mol. The summed E-state index contributed by atoms with van der Waals surface area (Å²) >= 11 is 0. The molecular weight excluding hydrogens is 508 g/mol. The molecule has 3 aliphatic rings. The molecule has 0 saturated carbocycles. The van der Waals surface area contributed by atoms with Gasteiger partial charge in [-0.25, -0.2) is 19.3 Å². The van der Waals surface area contributed by atoms with E-state index in [0.717, 1.165) is 31.6 Å². The molecule has 1 amide bonds. The molecule has 7 rings (SSSR count). The van der Waals surface area contributed by atoms with Gasteiger partial charge < -0.3 is 15.0 Å². The fraction of sp³-hybridized carbons (Fsp3) is 0.345. The molecule has 11 heteroatoms. The Hall–Kier alpha value is -4.67. The van der Waals surface area contributed by atoms with Gasteiger partial charge in [0.1, 0.15) is 5.39 Å². The number of rotatable bonds is 3. The fourth-order valence-electron chi connectivity index (χ4n) is 5.60. The number of fused-ring (bicyclic) bond motifs is 5. The second kappa shape index (κ2) is 10.1. The maximum absolute atomic E-state index is 13.5. The van der Waals surface area contributed by atoms with E-state index < -0.39 is 0 Å². The third kappa shape index (κ3) is 4.37. The molecule has 2 bridgehead atoms. The summed E-state index contributed by atoms with van der Waals surface area (Å²) in [5.41, 5.74) is 2.29. The SMILES string of the molecule is O=C1COc2ccc3nc2N1CCCC=CCn1c(=O)c2cnc(Nc4ccc(N5CCCCC5)cc4)nc2n1-3. The van der Waals surface area contributed by atoms with E-state index in [1.54, 1.807) is 32.6 Å². The van der Waals surface area contributed by atoms with Crippen LogP contribution in [0.1, 0.15) is 32.1 Å². The summed E-state index contributed by atoms with van der Waals surface area (Å²) in [6.07, 6.45) is 10.9. The molecule has 1 saturated heterocycles. The molecule has 1 N–H and O–H groups in total. The van der Waals surface area contributed by atoms with Gasteiger partial charge in [0.25, 0.3) is 11.5 Å². The van der Waals surface area contributed by atoms with E-state index >= 15 is 0 Å². The predicted octanol–water partition coefficient (Wildman–Crippen LogP) is 3.79. The second-order valence-electron chi connectivity index (χ2n) is 10.3. The smallest absolute Gasteiger partial charge is 0.278 e. The Morgan fingerprint density at radius 2 is 1.73 bits per heavy atom. The lowest BCUT2D eigenvalue weighted by atomic mass is 10.1. The van der Waals surface area contributed by atoms with Crippen molar-refractivity contribution in [2.75, 3.05) is 41.4 Å². The van der Waals surface area contributed by atoms with E-state index in [0.29, 0.717) is 47.5 Å². The van der Waals surface area contributed by atoms with Crippen LogP contribution >= 0.6 is 0 Å². The third-order valence-corrected chi connectivity index (χ3v) is 7.67. The number of aromatic nitrogens is 5. The lowest BCUT2D eigenvalue weighted by molar-refractivity contribution is -0.121. The summed E-state index contributed by atoms with van der Waals surface area (Å²) in [7, 11) is 0. The molecule has 4 aromatic rings. The van der Waals surface area contributed by atoms with Crippen LogP contribution in [0.2, 0.25) is 0 Å². The maximum atomic E-state index is 13.5. The number of allylic oxidation sites excluding steroid dienone is 2. The molecule has 0 spiro atoms. The van der Waals surface area contributed by atoms with E-state index in [2.05, 4.69) is 27.3 Å². The summed E-state index contributed by atoms with van der Waals surface area (Å²) in [5.74, 6) is 1.72. The first-order valence-corrected chi connectivity index (χ1v) is 13.9. The van der Waals surface area contributed by atoms with Gasteiger partial charge in [0, 0.05) is 37.2 Å². The minimum absolute atomic E-state index is 0.0116.